The Morgan fingerprint density at radius 2 is 1.79 bits per heavy atom. The van der Waals surface area contributed by atoms with Gasteiger partial charge in [-0.15, -0.1) is 0 Å². The van der Waals surface area contributed by atoms with Gasteiger partial charge >= 0.3 is 0 Å². The monoisotopic (exact) mass is 470 g/mol. The molecule has 0 saturated heterocycles. The van der Waals surface area contributed by atoms with Crippen LogP contribution in [0, 0.1) is 0 Å². The van der Waals surface area contributed by atoms with Crippen molar-refractivity contribution in [2.24, 2.45) is 4.99 Å². The molecule has 0 spiro atoms. The third-order valence-corrected chi connectivity index (χ3v) is 5.62. The van der Waals surface area contributed by atoms with Gasteiger partial charge in [-0.1, -0.05) is 44.7 Å². The highest BCUT2D eigenvalue weighted by Crippen LogP contribution is 2.27. The summed E-state index contributed by atoms with van der Waals surface area (Å²) in [5.74, 6) is 0.258. The molecule has 0 amide bonds. The van der Waals surface area contributed by atoms with E-state index in [9.17, 15) is 8.78 Å². The minimum atomic E-state index is -1.03. The van der Waals surface area contributed by atoms with Crippen LogP contribution < -0.4 is 0 Å². The molecule has 0 saturated carbocycles. The van der Waals surface area contributed by atoms with E-state index >= 15 is 0 Å². The van der Waals surface area contributed by atoms with Crippen LogP contribution in [0.15, 0.2) is 77.5 Å². The first-order valence-corrected chi connectivity index (χ1v) is 11.7. The molecule has 0 aliphatic carbocycles. The van der Waals surface area contributed by atoms with Crippen molar-refractivity contribution in [1.29, 1.82) is 0 Å². The van der Waals surface area contributed by atoms with Crippen molar-refractivity contribution in [3.8, 4) is 0 Å². The predicted octanol–water partition coefficient (Wildman–Crippen LogP) is 7.42. The third-order valence-electron chi connectivity index (χ3n) is 5.62. The number of pyridine rings is 1. The Morgan fingerprint density at radius 1 is 1.12 bits per heavy atom. The minimum absolute atomic E-state index is 0.434. The average molecular weight is 471 g/mol. The largest absolute Gasteiger partial charge is 0.381 e. The lowest BCUT2D eigenvalue weighted by Crippen LogP contribution is -2.19. The maximum Gasteiger partial charge on any atom is 0.126 e. The Kier molecular flexibility index (Phi) is 12.2. The zero-order chi connectivity index (χ0) is 25.8. The second-order valence-electron chi connectivity index (χ2n) is 8.36. The van der Waals surface area contributed by atoms with E-state index in [1.165, 1.54) is 12.6 Å². The molecule has 0 aliphatic heterocycles. The van der Waals surface area contributed by atoms with Gasteiger partial charge in [-0.25, -0.2) is 8.78 Å². The van der Waals surface area contributed by atoms with E-state index in [0.29, 0.717) is 23.4 Å². The van der Waals surface area contributed by atoms with Crippen molar-refractivity contribution in [1.82, 2.24) is 14.8 Å². The van der Waals surface area contributed by atoms with Crippen molar-refractivity contribution in [3.63, 3.8) is 0 Å². The van der Waals surface area contributed by atoms with E-state index in [-0.39, 0.29) is 0 Å². The highest BCUT2D eigenvalue weighted by Gasteiger charge is 2.13. The number of nitrogens with zero attached hydrogens (tertiary/aromatic N) is 4. The first-order chi connectivity index (χ1) is 16.0. The molecule has 4 nitrogen and oxygen atoms in total. The van der Waals surface area contributed by atoms with E-state index in [2.05, 4.69) is 35.0 Å². The molecule has 1 aromatic heterocycles. The number of likely N-dealkylation sites (N-methyl/N-ethyl adjacent to an activating group) is 1. The molecular formula is C28H40F2N4. The second kappa shape index (κ2) is 14.3. The van der Waals surface area contributed by atoms with Gasteiger partial charge < -0.3 is 9.80 Å². The first-order valence-electron chi connectivity index (χ1n) is 11.7. The van der Waals surface area contributed by atoms with Crippen LogP contribution in [0.2, 0.25) is 0 Å². The zero-order valence-electron chi connectivity index (χ0n) is 21.8. The highest BCUT2D eigenvalue weighted by atomic mass is 19.1. The average Bonchev–Trinajstić information content (AvgIpc) is 2.80. The number of aliphatic imine (C=N–C) groups is 1. The molecular weight excluding hydrogens is 430 g/mol. The molecule has 0 aromatic carbocycles. The molecule has 1 aromatic rings. The Bertz CT molecular complexity index is 951. The molecule has 0 N–H and O–H groups in total. The number of amidine groups is 1. The molecule has 6 heteroatoms. The van der Waals surface area contributed by atoms with Gasteiger partial charge in [0, 0.05) is 57.4 Å². The fourth-order valence-corrected chi connectivity index (χ4v) is 3.55. The van der Waals surface area contributed by atoms with Crippen LogP contribution in [0.25, 0.3) is 5.57 Å². The summed E-state index contributed by atoms with van der Waals surface area (Å²) in [6.45, 7) is 13.1. The van der Waals surface area contributed by atoms with E-state index < -0.39 is 12.0 Å². The van der Waals surface area contributed by atoms with Crippen LogP contribution in [0.5, 0.6) is 0 Å². The first kappa shape index (κ1) is 29.0. The lowest BCUT2D eigenvalue weighted by atomic mass is 10.00. The van der Waals surface area contributed by atoms with Gasteiger partial charge in [-0.3, -0.25) is 9.98 Å². The SMILES string of the molecule is C=C(/C=C\C(=NC)N(C)/C=C(/CC)C(=C)F)CC/C(=C(/CC)c1ccc(C(C)F)cn1)N(C)C. The number of halogens is 2. The van der Waals surface area contributed by atoms with Crippen LogP contribution in [-0.2, 0) is 0 Å². The molecule has 0 radical (unpaired) electrons. The number of rotatable bonds is 12. The van der Waals surface area contributed by atoms with Crippen LogP contribution >= 0.6 is 0 Å². The van der Waals surface area contributed by atoms with Gasteiger partial charge in [0.25, 0.3) is 0 Å². The van der Waals surface area contributed by atoms with Gasteiger partial charge in [0.1, 0.15) is 17.8 Å². The Hall–Kier alpha value is -3.02. The summed E-state index contributed by atoms with van der Waals surface area (Å²) in [5.41, 5.74) is 5.24. The van der Waals surface area contributed by atoms with Crippen LogP contribution in [0.1, 0.15) is 63.9 Å². The van der Waals surface area contributed by atoms with Gasteiger partial charge in [0.2, 0.25) is 0 Å². The molecule has 1 heterocycles. The summed E-state index contributed by atoms with van der Waals surface area (Å²) in [6, 6.07) is 3.70. The van der Waals surface area contributed by atoms with Crippen molar-refractivity contribution < 1.29 is 8.78 Å². The van der Waals surface area contributed by atoms with Crippen molar-refractivity contribution >= 4 is 11.4 Å². The van der Waals surface area contributed by atoms with Gasteiger partial charge in [0.05, 0.1) is 5.69 Å². The van der Waals surface area contributed by atoms with Crippen molar-refractivity contribution in [2.75, 3.05) is 28.2 Å². The number of aromatic nitrogens is 1. The van der Waals surface area contributed by atoms with E-state index in [1.54, 1.807) is 30.4 Å². The van der Waals surface area contributed by atoms with Gasteiger partial charge in [-0.2, -0.15) is 0 Å². The molecule has 1 rings (SSSR count). The fraction of sp³-hybridized carbons (Fsp3) is 0.429. The molecule has 186 valence electrons. The maximum absolute atomic E-state index is 13.6. The predicted molar refractivity (Wildman–Crippen MR) is 142 cm³/mol. The number of allylic oxidation sites excluding steroid dienone is 6. The normalized spacial score (nSPS) is 14.1. The summed E-state index contributed by atoms with van der Waals surface area (Å²) in [7, 11) is 7.57. The van der Waals surface area contributed by atoms with Gasteiger partial charge in [-0.05, 0) is 50.3 Å². The van der Waals surface area contributed by atoms with Gasteiger partial charge in [0.15, 0.2) is 0 Å². The lowest BCUT2D eigenvalue weighted by molar-refractivity contribution is 0.373. The maximum atomic E-state index is 13.6. The van der Waals surface area contributed by atoms with E-state index in [4.69, 9.17) is 0 Å². The van der Waals surface area contributed by atoms with Crippen LogP contribution in [0.4, 0.5) is 8.78 Å². The lowest BCUT2D eigenvalue weighted by Gasteiger charge is -2.22. The van der Waals surface area contributed by atoms with E-state index in [0.717, 1.165) is 36.1 Å². The number of hydrogen-bond donors (Lipinski definition) is 0. The van der Waals surface area contributed by atoms with Crippen LogP contribution in [0.3, 0.4) is 0 Å². The van der Waals surface area contributed by atoms with Crippen molar-refractivity contribution in [3.05, 3.63) is 83.8 Å². The Balaban J connectivity index is 3.01. The molecule has 0 aliphatic rings. The standard InChI is InChI=1S/C28H40F2N4/c1-10-23(21(4)29)19-34(9)28(31-6)17-13-20(3)12-16-27(33(7)8)25(11-2)26-15-14-24(18-32-26)22(5)30/h13-15,17-19,22H,3-4,10-12,16H2,1-2,5-9H3/b17-13-,23-19-,27-25+,31-28?. The number of hydrogen-bond acceptors (Lipinski definition) is 3. The summed E-state index contributed by atoms with van der Waals surface area (Å²) in [6.07, 6.45) is 9.03. The summed E-state index contributed by atoms with van der Waals surface area (Å²) < 4.78 is 27.1. The molecule has 1 unspecified atom stereocenters. The fourth-order valence-electron chi connectivity index (χ4n) is 3.55. The Labute approximate surface area is 204 Å². The molecule has 34 heavy (non-hydrogen) atoms. The molecule has 1 atom stereocenters. The number of alkyl halides is 1. The molecule has 0 bridgehead atoms. The zero-order valence-corrected chi connectivity index (χ0v) is 21.8. The van der Waals surface area contributed by atoms with E-state index in [1.807, 2.05) is 46.3 Å². The summed E-state index contributed by atoms with van der Waals surface area (Å²) >= 11 is 0. The Morgan fingerprint density at radius 3 is 2.24 bits per heavy atom. The summed E-state index contributed by atoms with van der Waals surface area (Å²) in [5, 5.41) is 0. The minimum Gasteiger partial charge on any atom is -0.381 e. The molecule has 0 fully saturated rings. The van der Waals surface area contributed by atoms with Crippen molar-refractivity contribution in [2.45, 2.75) is 52.6 Å². The highest BCUT2D eigenvalue weighted by molar-refractivity contribution is 5.93. The smallest absolute Gasteiger partial charge is 0.126 e. The van der Waals surface area contributed by atoms with Crippen LogP contribution in [-0.4, -0.2) is 48.8 Å². The topological polar surface area (TPSA) is 31.7 Å². The third kappa shape index (κ3) is 8.73. The summed E-state index contributed by atoms with van der Waals surface area (Å²) in [4.78, 5) is 12.7. The second-order valence-corrected chi connectivity index (χ2v) is 8.36. The quantitative estimate of drug-likeness (QED) is 0.181.